The molecule has 0 aliphatic carbocycles. The second kappa shape index (κ2) is 4.80. The number of aromatic nitrogens is 1. The van der Waals surface area contributed by atoms with Gasteiger partial charge < -0.3 is 4.98 Å². The maximum Gasteiger partial charge on any atom is 0.222 e. The molecule has 0 saturated carbocycles. The summed E-state index contributed by atoms with van der Waals surface area (Å²) < 4.78 is 25.4. The molecule has 0 saturated heterocycles. The third-order valence-corrected chi connectivity index (χ3v) is 5.13. The average Bonchev–Trinajstić information content (AvgIpc) is 2.87. The van der Waals surface area contributed by atoms with Gasteiger partial charge >= 0.3 is 0 Å². The highest BCUT2D eigenvalue weighted by Crippen LogP contribution is 2.29. The van der Waals surface area contributed by atoms with E-state index in [4.69, 9.17) is 0 Å². The quantitative estimate of drug-likeness (QED) is 0.801. The number of nitrogens with one attached hydrogen (secondary N) is 1. The van der Waals surface area contributed by atoms with Gasteiger partial charge in [0.15, 0.2) is 0 Å². The molecular weight excluding hydrogens is 270 g/mol. The van der Waals surface area contributed by atoms with Crippen molar-refractivity contribution in [1.29, 1.82) is 0 Å². The van der Waals surface area contributed by atoms with E-state index in [1.165, 1.54) is 0 Å². The Bertz CT molecular complexity index is 849. The molecule has 4 heteroatoms. The SMILES string of the molecule is [CH2]Cc1c(S(=O)(=O)c2ccccc2)[nH]c2ccccc12. The fourth-order valence-corrected chi connectivity index (χ4v) is 3.90. The average molecular weight is 284 g/mol. The van der Waals surface area contributed by atoms with E-state index < -0.39 is 9.84 Å². The van der Waals surface area contributed by atoms with Crippen LogP contribution in [0.15, 0.2) is 64.5 Å². The number of rotatable bonds is 3. The van der Waals surface area contributed by atoms with E-state index in [9.17, 15) is 8.42 Å². The standard InChI is InChI=1S/C16H14NO2S/c1-2-13-14-10-6-7-11-15(14)17-16(13)20(18,19)12-8-4-3-5-9-12/h3-11,17H,1-2H2. The molecule has 0 amide bonds. The Balaban J connectivity index is 2.30. The van der Waals surface area contributed by atoms with E-state index in [-0.39, 0.29) is 5.03 Å². The van der Waals surface area contributed by atoms with Crippen LogP contribution in [0.3, 0.4) is 0 Å². The zero-order valence-corrected chi connectivity index (χ0v) is 11.7. The summed E-state index contributed by atoms with van der Waals surface area (Å²) >= 11 is 0. The van der Waals surface area contributed by atoms with Crippen LogP contribution in [0.5, 0.6) is 0 Å². The molecule has 0 unspecified atom stereocenters. The zero-order valence-electron chi connectivity index (χ0n) is 10.8. The molecule has 0 spiro atoms. The van der Waals surface area contributed by atoms with Crippen molar-refractivity contribution in [2.45, 2.75) is 16.3 Å². The largest absolute Gasteiger partial charge is 0.345 e. The highest BCUT2D eigenvalue weighted by Gasteiger charge is 2.24. The number of benzene rings is 2. The number of hydrogen-bond donors (Lipinski definition) is 1. The number of fused-ring (bicyclic) bond motifs is 1. The van der Waals surface area contributed by atoms with Gasteiger partial charge in [0.25, 0.3) is 0 Å². The van der Waals surface area contributed by atoms with E-state index in [2.05, 4.69) is 11.9 Å². The van der Waals surface area contributed by atoms with Gasteiger partial charge in [0, 0.05) is 10.9 Å². The fraction of sp³-hybridized carbons (Fsp3) is 0.0625. The van der Waals surface area contributed by atoms with Crippen molar-refractivity contribution in [3.05, 3.63) is 67.1 Å². The summed E-state index contributed by atoms with van der Waals surface area (Å²) in [7, 11) is -3.54. The van der Waals surface area contributed by atoms with Crippen LogP contribution >= 0.6 is 0 Å². The van der Waals surface area contributed by atoms with Crippen LogP contribution < -0.4 is 0 Å². The van der Waals surface area contributed by atoms with Gasteiger partial charge in [-0.1, -0.05) is 36.4 Å². The molecule has 3 aromatic rings. The maximum absolute atomic E-state index is 12.7. The Kier molecular flexibility index (Phi) is 3.10. The Labute approximate surface area is 118 Å². The molecule has 0 aliphatic heterocycles. The van der Waals surface area contributed by atoms with Crippen LogP contribution in [0.25, 0.3) is 10.9 Å². The molecule has 0 bridgehead atoms. The highest BCUT2D eigenvalue weighted by molar-refractivity contribution is 7.91. The lowest BCUT2D eigenvalue weighted by Gasteiger charge is -2.04. The minimum Gasteiger partial charge on any atom is -0.345 e. The first-order valence-electron chi connectivity index (χ1n) is 6.33. The summed E-state index contributed by atoms with van der Waals surface area (Å²) in [5.74, 6) is 0. The first-order valence-corrected chi connectivity index (χ1v) is 7.82. The molecule has 1 heterocycles. The van der Waals surface area contributed by atoms with E-state index in [1.807, 2.05) is 24.3 Å². The van der Waals surface area contributed by atoms with Crippen LogP contribution in [0.1, 0.15) is 5.56 Å². The number of H-pyrrole nitrogens is 1. The Morgan fingerprint density at radius 1 is 0.950 bits per heavy atom. The van der Waals surface area contributed by atoms with Gasteiger partial charge in [0.2, 0.25) is 9.84 Å². The van der Waals surface area contributed by atoms with Crippen molar-refractivity contribution in [3.63, 3.8) is 0 Å². The highest BCUT2D eigenvalue weighted by atomic mass is 32.2. The number of sulfone groups is 1. The third-order valence-electron chi connectivity index (χ3n) is 3.35. The summed E-state index contributed by atoms with van der Waals surface area (Å²) in [5, 5.41) is 1.16. The molecule has 1 radical (unpaired) electrons. The summed E-state index contributed by atoms with van der Waals surface area (Å²) in [4.78, 5) is 3.32. The van der Waals surface area contributed by atoms with E-state index >= 15 is 0 Å². The van der Waals surface area contributed by atoms with Gasteiger partial charge in [-0.15, -0.1) is 0 Å². The Morgan fingerprint density at radius 2 is 1.60 bits per heavy atom. The van der Waals surface area contributed by atoms with E-state index in [0.29, 0.717) is 11.3 Å². The monoisotopic (exact) mass is 284 g/mol. The number of para-hydroxylation sites is 1. The molecular formula is C16H14NO2S. The number of hydrogen-bond acceptors (Lipinski definition) is 2. The van der Waals surface area contributed by atoms with Gasteiger partial charge in [-0.05, 0) is 37.1 Å². The van der Waals surface area contributed by atoms with Gasteiger partial charge in [-0.2, -0.15) is 0 Å². The van der Waals surface area contributed by atoms with E-state index in [1.54, 1.807) is 30.3 Å². The first-order chi connectivity index (χ1) is 9.64. The summed E-state index contributed by atoms with van der Waals surface area (Å²) in [6.07, 6.45) is 0.422. The van der Waals surface area contributed by atoms with Crippen molar-refractivity contribution in [1.82, 2.24) is 4.98 Å². The molecule has 3 rings (SSSR count). The molecule has 3 nitrogen and oxygen atoms in total. The van der Waals surface area contributed by atoms with Crippen molar-refractivity contribution >= 4 is 20.7 Å². The molecule has 1 aromatic heterocycles. The summed E-state index contributed by atoms with van der Waals surface area (Å²) in [6, 6.07) is 16.0. The molecule has 2 aromatic carbocycles. The molecule has 20 heavy (non-hydrogen) atoms. The molecule has 0 atom stereocenters. The fourth-order valence-electron chi connectivity index (χ4n) is 2.37. The lowest BCUT2D eigenvalue weighted by atomic mass is 10.1. The Morgan fingerprint density at radius 3 is 2.30 bits per heavy atom. The van der Waals surface area contributed by atoms with Crippen LogP contribution in [-0.4, -0.2) is 13.4 Å². The van der Waals surface area contributed by atoms with E-state index in [0.717, 1.165) is 16.5 Å². The van der Waals surface area contributed by atoms with Gasteiger partial charge in [-0.3, -0.25) is 0 Å². The number of aromatic amines is 1. The third kappa shape index (κ3) is 1.93. The van der Waals surface area contributed by atoms with Crippen molar-refractivity contribution in [2.75, 3.05) is 0 Å². The smallest absolute Gasteiger partial charge is 0.222 e. The normalized spacial score (nSPS) is 11.8. The molecule has 1 N–H and O–H groups in total. The Hall–Kier alpha value is -2.07. The molecule has 101 valence electrons. The predicted molar refractivity (Wildman–Crippen MR) is 79.3 cm³/mol. The zero-order chi connectivity index (χ0) is 14.2. The van der Waals surface area contributed by atoms with Crippen LogP contribution in [-0.2, 0) is 16.3 Å². The predicted octanol–water partition coefficient (Wildman–Crippen LogP) is 3.38. The van der Waals surface area contributed by atoms with Gasteiger partial charge in [0.05, 0.1) is 4.90 Å². The second-order valence-electron chi connectivity index (χ2n) is 4.54. The van der Waals surface area contributed by atoms with Crippen LogP contribution in [0.4, 0.5) is 0 Å². The van der Waals surface area contributed by atoms with Crippen LogP contribution in [0, 0.1) is 6.92 Å². The second-order valence-corrected chi connectivity index (χ2v) is 6.43. The van der Waals surface area contributed by atoms with Gasteiger partial charge in [0.1, 0.15) is 5.03 Å². The molecule has 0 aliphatic rings. The molecule has 0 fully saturated rings. The summed E-state index contributed by atoms with van der Waals surface area (Å²) in [5.41, 5.74) is 1.56. The van der Waals surface area contributed by atoms with Gasteiger partial charge in [-0.25, -0.2) is 8.42 Å². The minimum absolute atomic E-state index is 0.250. The van der Waals surface area contributed by atoms with Crippen molar-refractivity contribution in [2.24, 2.45) is 0 Å². The first kappa shape index (κ1) is 12.9. The van der Waals surface area contributed by atoms with Crippen LogP contribution in [0.2, 0.25) is 0 Å². The maximum atomic E-state index is 12.7. The van der Waals surface area contributed by atoms with Crippen molar-refractivity contribution in [3.8, 4) is 0 Å². The topological polar surface area (TPSA) is 49.9 Å². The lowest BCUT2D eigenvalue weighted by molar-refractivity contribution is 0.592. The van der Waals surface area contributed by atoms with Crippen molar-refractivity contribution < 1.29 is 8.42 Å². The summed E-state index contributed by atoms with van der Waals surface area (Å²) in [6.45, 7) is 3.86. The lowest BCUT2D eigenvalue weighted by Crippen LogP contribution is -2.04. The minimum atomic E-state index is -3.54.